The highest BCUT2D eigenvalue weighted by molar-refractivity contribution is 6.02. The number of hydrogen-bond acceptors (Lipinski definition) is 3. The molecule has 0 aliphatic carbocycles. The number of para-hydroxylation sites is 1. The summed E-state index contributed by atoms with van der Waals surface area (Å²) in [6, 6.07) is 7.26. The molecule has 19 heavy (non-hydrogen) atoms. The predicted molar refractivity (Wildman–Crippen MR) is 69.2 cm³/mol. The van der Waals surface area contributed by atoms with Gasteiger partial charge in [0.15, 0.2) is 5.82 Å². The van der Waals surface area contributed by atoms with E-state index in [1.165, 1.54) is 24.3 Å². The molecule has 1 aromatic heterocycles. The molecule has 2 N–H and O–H groups in total. The van der Waals surface area contributed by atoms with Crippen molar-refractivity contribution in [2.75, 3.05) is 5.32 Å². The van der Waals surface area contributed by atoms with Crippen molar-refractivity contribution in [1.29, 1.82) is 0 Å². The Morgan fingerprint density at radius 3 is 2.79 bits per heavy atom. The van der Waals surface area contributed by atoms with Crippen molar-refractivity contribution in [2.24, 2.45) is 0 Å². The molecule has 0 fully saturated rings. The van der Waals surface area contributed by atoms with Crippen molar-refractivity contribution in [3.8, 4) is 5.75 Å². The summed E-state index contributed by atoms with van der Waals surface area (Å²) < 4.78 is 18.6. The van der Waals surface area contributed by atoms with Crippen LogP contribution in [-0.2, 0) is 4.79 Å². The number of aryl methyl sites for hydroxylation is 1. The van der Waals surface area contributed by atoms with E-state index in [1.807, 2.05) is 0 Å². The zero-order valence-corrected chi connectivity index (χ0v) is 10.2. The molecule has 1 amide bonds. The largest absolute Gasteiger partial charge is 0.506 e. The minimum atomic E-state index is -0.699. The molecule has 1 heterocycles. The molecule has 98 valence electrons. The van der Waals surface area contributed by atoms with Crippen LogP contribution in [0.2, 0.25) is 0 Å². The number of phenols is 1. The molecule has 1 aromatic carbocycles. The highest BCUT2D eigenvalue weighted by atomic mass is 19.1. The molecule has 5 heteroatoms. The van der Waals surface area contributed by atoms with Crippen molar-refractivity contribution in [2.45, 2.75) is 6.92 Å². The summed E-state index contributed by atoms with van der Waals surface area (Å²) in [5.41, 5.74) is -0.243. The van der Waals surface area contributed by atoms with Crippen LogP contribution >= 0.6 is 0 Å². The van der Waals surface area contributed by atoms with Crippen molar-refractivity contribution in [1.82, 2.24) is 0 Å². The standard InChI is InChI=1S/C14H12FNO3/c1-9-5-6-10(19-9)7-8-13(18)16-14-11(15)3-2-4-12(14)17/h2-8,17H,1H3,(H,16,18). The normalized spacial score (nSPS) is 10.8. The van der Waals surface area contributed by atoms with Crippen LogP contribution in [0.1, 0.15) is 11.5 Å². The van der Waals surface area contributed by atoms with Gasteiger partial charge in [0.25, 0.3) is 0 Å². The number of benzene rings is 1. The zero-order valence-electron chi connectivity index (χ0n) is 10.2. The lowest BCUT2D eigenvalue weighted by Gasteiger charge is -2.05. The first kappa shape index (κ1) is 12.9. The minimum absolute atomic E-state index is 0.243. The maximum atomic E-state index is 13.4. The number of aromatic hydroxyl groups is 1. The van der Waals surface area contributed by atoms with Crippen LogP contribution in [0.25, 0.3) is 6.08 Å². The third-order valence-corrected chi connectivity index (χ3v) is 2.40. The van der Waals surface area contributed by atoms with Crippen LogP contribution in [0.15, 0.2) is 40.8 Å². The summed E-state index contributed by atoms with van der Waals surface area (Å²) in [5, 5.41) is 11.7. The highest BCUT2D eigenvalue weighted by Crippen LogP contribution is 2.25. The van der Waals surface area contributed by atoms with Crippen LogP contribution in [-0.4, -0.2) is 11.0 Å². The van der Waals surface area contributed by atoms with E-state index in [0.717, 1.165) is 11.8 Å². The van der Waals surface area contributed by atoms with Crippen molar-refractivity contribution in [3.63, 3.8) is 0 Å². The summed E-state index contributed by atoms with van der Waals surface area (Å²) in [7, 11) is 0. The first-order valence-electron chi connectivity index (χ1n) is 5.59. The second-order valence-electron chi connectivity index (χ2n) is 3.90. The number of phenolic OH excluding ortho intramolecular Hbond substituents is 1. The van der Waals surface area contributed by atoms with Gasteiger partial charge in [-0.05, 0) is 37.3 Å². The van der Waals surface area contributed by atoms with Gasteiger partial charge < -0.3 is 14.8 Å². The second-order valence-corrected chi connectivity index (χ2v) is 3.90. The van der Waals surface area contributed by atoms with E-state index in [-0.39, 0.29) is 11.4 Å². The monoisotopic (exact) mass is 261 g/mol. The Labute approximate surface area is 109 Å². The molecule has 0 aliphatic heterocycles. The summed E-state index contributed by atoms with van der Waals surface area (Å²) in [6.45, 7) is 1.79. The Morgan fingerprint density at radius 2 is 2.16 bits per heavy atom. The maximum Gasteiger partial charge on any atom is 0.248 e. The number of carbonyl (C=O) groups excluding carboxylic acids is 1. The average molecular weight is 261 g/mol. The van der Waals surface area contributed by atoms with E-state index < -0.39 is 11.7 Å². The Balaban J connectivity index is 2.07. The molecule has 0 saturated heterocycles. The SMILES string of the molecule is Cc1ccc(C=CC(=O)Nc2c(O)cccc2F)o1. The van der Waals surface area contributed by atoms with Gasteiger partial charge in [-0.15, -0.1) is 0 Å². The molecule has 0 bridgehead atoms. The smallest absolute Gasteiger partial charge is 0.248 e. The fraction of sp³-hybridized carbons (Fsp3) is 0.0714. The summed E-state index contributed by atoms with van der Waals surface area (Å²) >= 11 is 0. The van der Waals surface area contributed by atoms with Gasteiger partial charge in [0.2, 0.25) is 5.91 Å². The van der Waals surface area contributed by atoms with E-state index in [1.54, 1.807) is 19.1 Å². The number of hydrogen-bond donors (Lipinski definition) is 2. The molecule has 0 atom stereocenters. The quantitative estimate of drug-likeness (QED) is 0.659. The third-order valence-electron chi connectivity index (χ3n) is 2.40. The Morgan fingerprint density at radius 1 is 1.37 bits per heavy atom. The third kappa shape index (κ3) is 3.22. The summed E-state index contributed by atoms with van der Waals surface area (Å²) in [6.07, 6.45) is 2.66. The van der Waals surface area contributed by atoms with Crippen LogP contribution in [0.5, 0.6) is 5.75 Å². The highest BCUT2D eigenvalue weighted by Gasteiger charge is 2.09. The van der Waals surface area contributed by atoms with Gasteiger partial charge in [-0.1, -0.05) is 6.07 Å². The van der Waals surface area contributed by atoms with Gasteiger partial charge >= 0.3 is 0 Å². The lowest BCUT2D eigenvalue weighted by Crippen LogP contribution is -2.09. The minimum Gasteiger partial charge on any atom is -0.506 e. The molecule has 0 radical (unpaired) electrons. The number of amides is 1. The van der Waals surface area contributed by atoms with E-state index in [4.69, 9.17) is 4.42 Å². The topological polar surface area (TPSA) is 62.5 Å². The summed E-state index contributed by atoms with van der Waals surface area (Å²) in [4.78, 5) is 11.6. The van der Waals surface area contributed by atoms with Gasteiger partial charge in [-0.3, -0.25) is 4.79 Å². The van der Waals surface area contributed by atoms with Gasteiger partial charge in [-0.25, -0.2) is 4.39 Å². The fourth-order valence-electron chi connectivity index (χ4n) is 1.50. The first-order valence-corrected chi connectivity index (χ1v) is 5.59. The average Bonchev–Trinajstić information content (AvgIpc) is 2.77. The van der Waals surface area contributed by atoms with Crippen molar-refractivity contribution in [3.05, 3.63) is 53.7 Å². The van der Waals surface area contributed by atoms with Crippen LogP contribution in [0.4, 0.5) is 10.1 Å². The number of halogens is 1. The molecular weight excluding hydrogens is 249 g/mol. The van der Waals surface area contributed by atoms with Crippen LogP contribution < -0.4 is 5.32 Å². The Bertz CT molecular complexity index is 611. The van der Waals surface area contributed by atoms with Crippen molar-refractivity contribution < 1.29 is 18.7 Å². The van der Waals surface area contributed by atoms with Gasteiger partial charge in [0, 0.05) is 6.08 Å². The van der Waals surface area contributed by atoms with E-state index >= 15 is 0 Å². The van der Waals surface area contributed by atoms with Crippen LogP contribution in [0, 0.1) is 12.7 Å². The molecule has 4 nitrogen and oxygen atoms in total. The zero-order chi connectivity index (χ0) is 13.8. The second kappa shape index (κ2) is 5.39. The molecule has 2 aromatic rings. The lowest BCUT2D eigenvalue weighted by atomic mass is 10.2. The molecule has 0 aliphatic rings. The number of anilines is 1. The van der Waals surface area contributed by atoms with Gasteiger partial charge in [-0.2, -0.15) is 0 Å². The van der Waals surface area contributed by atoms with Gasteiger partial charge in [0.1, 0.15) is 23.0 Å². The maximum absolute atomic E-state index is 13.4. The number of rotatable bonds is 3. The first-order chi connectivity index (χ1) is 9.06. The molecule has 2 rings (SSSR count). The van der Waals surface area contributed by atoms with Crippen molar-refractivity contribution >= 4 is 17.7 Å². The van der Waals surface area contributed by atoms with E-state index in [9.17, 15) is 14.3 Å². The Kier molecular flexibility index (Phi) is 3.66. The number of nitrogens with one attached hydrogen (secondary N) is 1. The predicted octanol–water partition coefficient (Wildman–Crippen LogP) is 3.08. The van der Waals surface area contributed by atoms with E-state index in [0.29, 0.717) is 5.76 Å². The Hall–Kier alpha value is -2.56. The fourth-order valence-corrected chi connectivity index (χ4v) is 1.50. The lowest BCUT2D eigenvalue weighted by molar-refractivity contribution is -0.111. The van der Waals surface area contributed by atoms with E-state index in [2.05, 4.69) is 5.32 Å². The number of carbonyl (C=O) groups is 1. The van der Waals surface area contributed by atoms with Crippen LogP contribution in [0.3, 0.4) is 0 Å². The molecule has 0 spiro atoms. The summed E-state index contributed by atoms with van der Waals surface area (Å²) in [5.74, 6) is -0.335. The number of furan rings is 1. The molecule has 0 unspecified atom stereocenters. The van der Waals surface area contributed by atoms with Gasteiger partial charge in [0.05, 0.1) is 0 Å². The molecular formula is C14H12FNO3. The molecule has 0 saturated carbocycles.